The van der Waals surface area contributed by atoms with Crippen LogP contribution in [0, 0.1) is 0 Å². The van der Waals surface area contributed by atoms with Crippen molar-refractivity contribution < 1.29 is 9.90 Å². The molecule has 1 unspecified atom stereocenters. The number of anilines is 2. The zero-order chi connectivity index (χ0) is 20.3. The van der Waals surface area contributed by atoms with Crippen molar-refractivity contribution in [2.75, 3.05) is 31.6 Å². The van der Waals surface area contributed by atoms with E-state index in [-0.39, 0.29) is 12.5 Å². The first-order valence-electron chi connectivity index (χ1n) is 9.83. The minimum absolute atomic E-state index is 0.0276. The summed E-state index contributed by atoms with van der Waals surface area (Å²) in [5.74, 6) is 0.737. The molecule has 1 aromatic heterocycles. The Balaban J connectivity index is 1.49. The third-order valence-electron chi connectivity index (χ3n) is 5.81. The Bertz CT molecular complexity index is 960. The molecule has 4 rings (SSSR count). The molecule has 0 spiro atoms. The van der Waals surface area contributed by atoms with Crippen LogP contribution in [0.4, 0.5) is 11.5 Å². The van der Waals surface area contributed by atoms with Gasteiger partial charge in [0.2, 0.25) is 0 Å². The molecule has 0 radical (unpaired) electrons. The molecule has 148 valence electrons. The molecule has 1 saturated heterocycles. The number of amides is 1. The highest BCUT2D eigenvalue weighted by Crippen LogP contribution is 2.35. The summed E-state index contributed by atoms with van der Waals surface area (Å²) < 4.78 is 0. The molecule has 1 amide bonds. The van der Waals surface area contributed by atoms with E-state index in [0.29, 0.717) is 18.7 Å². The lowest BCUT2D eigenvalue weighted by Crippen LogP contribution is -2.37. The second kappa shape index (κ2) is 8.05. The number of aliphatic hydroxyl groups is 1. The monoisotopic (exact) mass is 387 g/mol. The van der Waals surface area contributed by atoms with Gasteiger partial charge in [0.1, 0.15) is 5.82 Å². The summed E-state index contributed by atoms with van der Waals surface area (Å²) in [5.41, 5.74) is 2.29. The number of nitrogens with zero attached hydrogens (tertiary/aromatic N) is 3. The van der Waals surface area contributed by atoms with E-state index in [1.165, 1.54) is 0 Å². The van der Waals surface area contributed by atoms with E-state index in [1.807, 2.05) is 89.6 Å². The van der Waals surface area contributed by atoms with Crippen LogP contribution in [-0.2, 0) is 5.41 Å². The van der Waals surface area contributed by atoms with Crippen LogP contribution in [-0.4, -0.2) is 47.6 Å². The maximum Gasteiger partial charge on any atom is 0.255 e. The minimum Gasteiger partial charge on any atom is -0.395 e. The fourth-order valence-electron chi connectivity index (χ4n) is 3.97. The summed E-state index contributed by atoms with van der Waals surface area (Å²) in [4.78, 5) is 21.3. The first-order valence-corrected chi connectivity index (χ1v) is 9.83. The largest absolute Gasteiger partial charge is 0.395 e. The van der Waals surface area contributed by atoms with Gasteiger partial charge in [0.25, 0.3) is 5.91 Å². The van der Waals surface area contributed by atoms with Gasteiger partial charge < -0.3 is 14.9 Å². The Kier molecular flexibility index (Phi) is 5.32. The van der Waals surface area contributed by atoms with Gasteiger partial charge in [-0.25, -0.2) is 4.98 Å². The quantitative estimate of drug-likeness (QED) is 0.726. The van der Waals surface area contributed by atoms with E-state index in [4.69, 9.17) is 0 Å². The lowest BCUT2D eigenvalue weighted by atomic mass is 9.80. The van der Waals surface area contributed by atoms with Crippen LogP contribution in [0.5, 0.6) is 0 Å². The van der Waals surface area contributed by atoms with Crippen LogP contribution in [0.3, 0.4) is 0 Å². The number of benzene rings is 2. The lowest BCUT2D eigenvalue weighted by molar-refractivity contribution is 0.0773. The van der Waals surface area contributed by atoms with Crippen LogP contribution < -0.4 is 4.90 Å². The smallest absolute Gasteiger partial charge is 0.255 e. The summed E-state index contributed by atoms with van der Waals surface area (Å²) >= 11 is 0. The van der Waals surface area contributed by atoms with E-state index in [2.05, 4.69) is 4.98 Å². The van der Waals surface area contributed by atoms with E-state index >= 15 is 0 Å². The zero-order valence-corrected chi connectivity index (χ0v) is 16.5. The number of pyridine rings is 1. The molecule has 1 fully saturated rings. The molecule has 1 aliphatic rings. The van der Waals surface area contributed by atoms with Crippen molar-refractivity contribution in [1.82, 2.24) is 9.88 Å². The van der Waals surface area contributed by atoms with Crippen molar-refractivity contribution in [2.45, 2.75) is 11.8 Å². The second-order valence-corrected chi connectivity index (χ2v) is 7.58. The normalized spacial score (nSPS) is 18.6. The Morgan fingerprint density at radius 2 is 1.76 bits per heavy atom. The van der Waals surface area contributed by atoms with Gasteiger partial charge in [-0.3, -0.25) is 4.79 Å². The summed E-state index contributed by atoms with van der Waals surface area (Å²) in [6.07, 6.45) is 2.39. The number of hydrogen-bond acceptors (Lipinski definition) is 4. The Morgan fingerprint density at radius 1 is 1.07 bits per heavy atom. The van der Waals surface area contributed by atoms with Crippen molar-refractivity contribution in [3.8, 4) is 0 Å². The average molecular weight is 387 g/mol. The number of rotatable bonds is 5. The third-order valence-corrected chi connectivity index (χ3v) is 5.81. The topological polar surface area (TPSA) is 56.7 Å². The van der Waals surface area contributed by atoms with Crippen molar-refractivity contribution in [1.29, 1.82) is 0 Å². The molecule has 1 N–H and O–H groups in total. The van der Waals surface area contributed by atoms with Crippen LogP contribution >= 0.6 is 0 Å². The number of aliphatic hydroxyl groups excluding tert-OH is 1. The SMILES string of the molecule is CN(c1ccccc1)c1ccc(C(=O)N2CCC(CO)(c3ccccc3)C2)cn1. The van der Waals surface area contributed by atoms with E-state index < -0.39 is 5.41 Å². The number of para-hydroxylation sites is 1. The van der Waals surface area contributed by atoms with Gasteiger partial charge >= 0.3 is 0 Å². The molecule has 3 aromatic rings. The van der Waals surface area contributed by atoms with E-state index in [0.717, 1.165) is 23.5 Å². The fraction of sp³-hybridized carbons (Fsp3) is 0.250. The van der Waals surface area contributed by atoms with Gasteiger partial charge in [0.05, 0.1) is 12.2 Å². The fourth-order valence-corrected chi connectivity index (χ4v) is 3.97. The van der Waals surface area contributed by atoms with Crippen LogP contribution in [0.25, 0.3) is 0 Å². The molecular weight excluding hydrogens is 362 g/mol. The summed E-state index contributed by atoms with van der Waals surface area (Å²) in [5, 5.41) is 10.1. The summed E-state index contributed by atoms with van der Waals surface area (Å²) in [6.45, 7) is 1.16. The molecule has 5 heteroatoms. The molecule has 29 heavy (non-hydrogen) atoms. The molecule has 2 heterocycles. The van der Waals surface area contributed by atoms with Crippen molar-refractivity contribution >= 4 is 17.4 Å². The van der Waals surface area contributed by atoms with Crippen LogP contribution in [0.15, 0.2) is 79.0 Å². The Morgan fingerprint density at radius 3 is 2.38 bits per heavy atom. The predicted octanol–water partition coefficient (Wildman–Crippen LogP) is 3.63. The maximum absolute atomic E-state index is 13.0. The highest BCUT2D eigenvalue weighted by molar-refractivity contribution is 5.94. The van der Waals surface area contributed by atoms with Gasteiger partial charge in [-0.05, 0) is 36.2 Å². The summed E-state index contributed by atoms with van der Waals surface area (Å²) in [6, 6.07) is 23.6. The van der Waals surface area contributed by atoms with Gasteiger partial charge in [0.15, 0.2) is 0 Å². The number of aromatic nitrogens is 1. The third kappa shape index (κ3) is 3.74. The molecule has 1 atom stereocenters. The highest BCUT2D eigenvalue weighted by Gasteiger charge is 2.41. The van der Waals surface area contributed by atoms with Gasteiger partial charge in [-0.2, -0.15) is 0 Å². The molecule has 1 aliphatic heterocycles. The van der Waals surface area contributed by atoms with Gasteiger partial charge in [0, 0.05) is 37.4 Å². The maximum atomic E-state index is 13.0. The molecule has 0 saturated carbocycles. The number of hydrogen-bond donors (Lipinski definition) is 1. The zero-order valence-electron chi connectivity index (χ0n) is 16.5. The number of likely N-dealkylation sites (tertiary alicyclic amines) is 1. The van der Waals surface area contributed by atoms with Crippen LogP contribution in [0.1, 0.15) is 22.3 Å². The van der Waals surface area contributed by atoms with E-state index in [9.17, 15) is 9.90 Å². The minimum atomic E-state index is -0.391. The highest BCUT2D eigenvalue weighted by atomic mass is 16.3. The molecule has 0 bridgehead atoms. The van der Waals surface area contributed by atoms with Crippen molar-refractivity contribution in [3.05, 3.63) is 90.1 Å². The standard InChI is InChI=1S/C24H25N3O2/c1-26(21-10-6-3-7-11-21)22-13-12-19(16-25-22)23(29)27-15-14-24(17-27,18-28)20-8-4-2-5-9-20/h2-13,16,28H,14-15,17-18H2,1H3. The molecular formula is C24H25N3O2. The van der Waals surface area contributed by atoms with Crippen LogP contribution in [0.2, 0.25) is 0 Å². The van der Waals surface area contributed by atoms with Crippen molar-refractivity contribution in [3.63, 3.8) is 0 Å². The average Bonchev–Trinajstić information content (AvgIpc) is 3.25. The van der Waals surface area contributed by atoms with Gasteiger partial charge in [-0.1, -0.05) is 48.5 Å². The number of carbonyl (C=O) groups excluding carboxylic acids is 1. The predicted molar refractivity (Wildman–Crippen MR) is 114 cm³/mol. The Hall–Kier alpha value is -3.18. The first kappa shape index (κ1) is 19.2. The van der Waals surface area contributed by atoms with E-state index in [1.54, 1.807) is 6.20 Å². The molecule has 0 aliphatic carbocycles. The molecule has 2 aromatic carbocycles. The first-order chi connectivity index (χ1) is 14.1. The molecule has 5 nitrogen and oxygen atoms in total. The second-order valence-electron chi connectivity index (χ2n) is 7.58. The lowest BCUT2D eigenvalue weighted by Gasteiger charge is -2.27. The summed E-state index contributed by atoms with van der Waals surface area (Å²) in [7, 11) is 1.95. The number of carbonyl (C=O) groups is 1. The van der Waals surface area contributed by atoms with Crippen molar-refractivity contribution in [2.24, 2.45) is 0 Å². The Labute approximate surface area is 171 Å². The van der Waals surface area contributed by atoms with Gasteiger partial charge in [-0.15, -0.1) is 0 Å².